The van der Waals surface area contributed by atoms with Gasteiger partial charge in [0.2, 0.25) is 0 Å². The minimum Gasteiger partial charge on any atom is -0.385 e. The van der Waals surface area contributed by atoms with E-state index in [0.717, 1.165) is 32.2 Å². The summed E-state index contributed by atoms with van der Waals surface area (Å²) in [7, 11) is 3.38. The van der Waals surface area contributed by atoms with E-state index >= 15 is 0 Å². The van der Waals surface area contributed by atoms with Crippen LogP contribution in [0.15, 0.2) is 4.99 Å². The molecule has 0 spiro atoms. The summed E-state index contributed by atoms with van der Waals surface area (Å²) in [5.41, 5.74) is 5.14. The van der Waals surface area contributed by atoms with Crippen molar-refractivity contribution in [1.82, 2.24) is 5.32 Å². The Balaban J connectivity index is 1.90. The van der Waals surface area contributed by atoms with Crippen molar-refractivity contribution in [2.75, 3.05) is 20.8 Å². The topological polar surface area (TPSA) is 89.1 Å². The van der Waals surface area contributed by atoms with Gasteiger partial charge in [0, 0.05) is 32.6 Å². The molecule has 1 saturated heterocycles. The molecule has 3 aliphatic rings. The number of aliphatic hydroxyl groups is 1. The van der Waals surface area contributed by atoms with Crippen LogP contribution in [0.2, 0.25) is 0 Å². The third-order valence-electron chi connectivity index (χ3n) is 5.94. The monoisotopic (exact) mass is 311 g/mol. The highest BCUT2D eigenvalue weighted by Crippen LogP contribution is 2.47. The number of hydrogen-bond donors (Lipinski definition) is 3. The number of fused-ring (bicyclic) bond motifs is 1. The van der Waals surface area contributed by atoms with Gasteiger partial charge >= 0.3 is 0 Å². The fourth-order valence-electron chi connectivity index (χ4n) is 4.65. The molecule has 2 aliphatic heterocycles. The van der Waals surface area contributed by atoms with E-state index in [1.165, 1.54) is 0 Å². The molecule has 0 radical (unpaired) electrons. The van der Waals surface area contributed by atoms with Gasteiger partial charge in [-0.25, -0.2) is 0 Å². The number of methoxy groups -OCH3 is 2. The summed E-state index contributed by atoms with van der Waals surface area (Å²) in [5, 5.41) is 14.9. The quantitative estimate of drug-likeness (QED) is 0.706. The van der Waals surface area contributed by atoms with Gasteiger partial charge in [-0.2, -0.15) is 0 Å². The molecule has 0 aromatic rings. The van der Waals surface area contributed by atoms with Crippen molar-refractivity contribution < 1.29 is 14.6 Å². The normalized spacial score (nSPS) is 48.8. The Labute approximate surface area is 132 Å². The second-order valence-corrected chi connectivity index (χ2v) is 7.20. The molecule has 3 rings (SSSR count). The van der Waals surface area contributed by atoms with E-state index in [4.69, 9.17) is 15.2 Å². The van der Waals surface area contributed by atoms with Crippen LogP contribution in [-0.2, 0) is 9.47 Å². The molecular formula is C16H29N3O3. The van der Waals surface area contributed by atoms with Crippen LogP contribution in [0.25, 0.3) is 0 Å². The Kier molecular flexibility index (Phi) is 4.47. The molecule has 2 fully saturated rings. The highest BCUT2D eigenvalue weighted by molar-refractivity contribution is 5.91. The SMILES string of the molecule is COC1CNC(OC)C(C2(O)C(N)=NC3CCC(C)CC32)C1. The Morgan fingerprint density at radius 3 is 2.68 bits per heavy atom. The largest absolute Gasteiger partial charge is 0.385 e. The van der Waals surface area contributed by atoms with Gasteiger partial charge < -0.3 is 20.3 Å². The molecular weight excluding hydrogens is 282 g/mol. The lowest BCUT2D eigenvalue weighted by Gasteiger charge is -2.47. The number of nitrogens with zero attached hydrogens (tertiary/aromatic N) is 1. The number of aliphatic imine (C=N–C) groups is 1. The van der Waals surface area contributed by atoms with Gasteiger partial charge in [-0.05, 0) is 31.6 Å². The van der Waals surface area contributed by atoms with Crippen LogP contribution in [0, 0.1) is 17.8 Å². The second kappa shape index (κ2) is 6.07. The summed E-state index contributed by atoms with van der Waals surface area (Å²) in [6.45, 7) is 2.97. The van der Waals surface area contributed by atoms with E-state index in [0.29, 0.717) is 11.8 Å². The summed E-state index contributed by atoms with van der Waals surface area (Å²) < 4.78 is 11.1. The van der Waals surface area contributed by atoms with E-state index in [9.17, 15) is 5.11 Å². The maximum absolute atomic E-state index is 11.6. The van der Waals surface area contributed by atoms with Crippen LogP contribution in [0.4, 0.5) is 0 Å². The first-order valence-corrected chi connectivity index (χ1v) is 8.35. The predicted octanol–water partition coefficient (Wildman–Crippen LogP) is 0.490. The Morgan fingerprint density at radius 2 is 2.00 bits per heavy atom. The zero-order chi connectivity index (χ0) is 15.9. The van der Waals surface area contributed by atoms with Crippen molar-refractivity contribution in [2.24, 2.45) is 28.5 Å². The smallest absolute Gasteiger partial charge is 0.133 e. The van der Waals surface area contributed by atoms with Crippen molar-refractivity contribution in [1.29, 1.82) is 0 Å². The first-order valence-electron chi connectivity index (χ1n) is 8.35. The number of rotatable bonds is 3. The van der Waals surface area contributed by atoms with Crippen LogP contribution in [0.5, 0.6) is 0 Å². The molecule has 0 aromatic carbocycles. The van der Waals surface area contributed by atoms with Gasteiger partial charge in [0.05, 0.1) is 12.1 Å². The highest BCUT2D eigenvalue weighted by Gasteiger charge is 2.58. The number of amidine groups is 1. The van der Waals surface area contributed by atoms with Crippen molar-refractivity contribution in [3.05, 3.63) is 0 Å². The fraction of sp³-hybridized carbons (Fsp3) is 0.938. The van der Waals surface area contributed by atoms with E-state index in [1.54, 1.807) is 14.2 Å². The third-order valence-corrected chi connectivity index (χ3v) is 5.94. The lowest BCUT2D eigenvalue weighted by atomic mass is 9.65. The average Bonchev–Trinajstić information content (AvgIpc) is 2.79. The third kappa shape index (κ3) is 2.46. The van der Waals surface area contributed by atoms with E-state index < -0.39 is 5.60 Å². The molecule has 1 saturated carbocycles. The summed E-state index contributed by atoms with van der Waals surface area (Å²) >= 11 is 0. The Hall–Kier alpha value is -0.690. The van der Waals surface area contributed by atoms with Crippen molar-refractivity contribution in [3.8, 4) is 0 Å². The molecule has 1 aliphatic carbocycles. The minimum atomic E-state index is -1.09. The molecule has 22 heavy (non-hydrogen) atoms. The van der Waals surface area contributed by atoms with Gasteiger partial charge in [-0.3, -0.25) is 10.3 Å². The number of hydrogen-bond acceptors (Lipinski definition) is 6. The highest BCUT2D eigenvalue weighted by atomic mass is 16.5. The zero-order valence-electron chi connectivity index (χ0n) is 13.8. The minimum absolute atomic E-state index is 0.0632. The molecule has 7 atom stereocenters. The fourth-order valence-corrected chi connectivity index (χ4v) is 4.65. The molecule has 0 amide bonds. The summed E-state index contributed by atoms with van der Waals surface area (Å²) in [6, 6.07) is 0.154. The lowest BCUT2D eigenvalue weighted by Crippen LogP contribution is -2.64. The van der Waals surface area contributed by atoms with Gasteiger partial charge in [-0.15, -0.1) is 0 Å². The summed E-state index contributed by atoms with van der Waals surface area (Å²) in [4.78, 5) is 4.61. The van der Waals surface area contributed by atoms with Gasteiger partial charge in [-0.1, -0.05) is 6.92 Å². The Bertz CT molecular complexity index is 444. The molecule has 126 valence electrons. The van der Waals surface area contributed by atoms with E-state index in [2.05, 4.69) is 17.2 Å². The molecule has 6 heteroatoms. The maximum Gasteiger partial charge on any atom is 0.133 e. The van der Waals surface area contributed by atoms with Crippen LogP contribution in [0.1, 0.15) is 32.6 Å². The molecule has 0 aromatic heterocycles. The summed E-state index contributed by atoms with van der Waals surface area (Å²) in [6.07, 6.45) is 3.71. The van der Waals surface area contributed by atoms with Gasteiger partial charge in [0.25, 0.3) is 0 Å². The maximum atomic E-state index is 11.6. The molecule has 6 nitrogen and oxygen atoms in total. The van der Waals surface area contributed by atoms with Crippen LogP contribution in [0.3, 0.4) is 0 Å². The van der Waals surface area contributed by atoms with Gasteiger partial charge in [0.15, 0.2) is 0 Å². The summed E-state index contributed by atoms with van der Waals surface area (Å²) in [5.74, 6) is 0.948. The molecule has 2 heterocycles. The van der Waals surface area contributed by atoms with Crippen molar-refractivity contribution in [2.45, 2.75) is 56.6 Å². The zero-order valence-corrected chi connectivity index (χ0v) is 13.8. The van der Waals surface area contributed by atoms with Crippen LogP contribution >= 0.6 is 0 Å². The standard InChI is InChI=1S/C16H29N3O3/c1-9-4-5-13-11(6-9)16(20,15(17)19-13)12-7-10(21-2)8-18-14(12)22-3/h9-14,18,20H,4-8H2,1-3H3,(H2,17,19). The average molecular weight is 311 g/mol. The number of piperidine rings is 1. The first kappa shape index (κ1) is 16.2. The Morgan fingerprint density at radius 1 is 1.23 bits per heavy atom. The van der Waals surface area contributed by atoms with Crippen molar-refractivity contribution >= 4 is 5.84 Å². The van der Waals surface area contributed by atoms with Crippen molar-refractivity contribution in [3.63, 3.8) is 0 Å². The van der Waals surface area contributed by atoms with Gasteiger partial charge in [0.1, 0.15) is 17.7 Å². The van der Waals surface area contributed by atoms with Crippen LogP contribution < -0.4 is 11.1 Å². The lowest BCUT2D eigenvalue weighted by molar-refractivity contribution is -0.127. The molecule has 7 unspecified atom stereocenters. The van der Waals surface area contributed by atoms with E-state index in [-0.39, 0.29) is 30.2 Å². The van der Waals surface area contributed by atoms with Crippen LogP contribution in [-0.4, -0.2) is 55.7 Å². The number of nitrogens with one attached hydrogen (secondary N) is 1. The molecule has 4 N–H and O–H groups in total. The van der Waals surface area contributed by atoms with E-state index in [1.807, 2.05) is 0 Å². The molecule has 0 bridgehead atoms. The second-order valence-electron chi connectivity index (χ2n) is 7.20. The first-order chi connectivity index (χ1) is 10.5. The number of ether oxygens (including phenoxy) is 2. The predicted molar refractivity (Wildman–Crippen MR) is 84.6 cm³/mol. The number of nitrogens with two attached hydrogens (primary N) is 1.